The maximum atomic E-state index is 11.6. The first kappa shape index (κ1) is 103. The Labute approximate surface area is 799 Å². The van der Waals surface area contributed by atoms with E-state index in [1.54, 1.807) is 119 Å². The summed E-state index contributed by atoms with van der Waals surface area (Å²) in [4.78, 5) is 79.5. The van der Waals surface area contributed by atoms with Crippen LogP contribution in [0.2, 0.25) is 0 Å². The molecule has 0 heterocycles. The minimum Gasteiger partial charge on any atom is -0.497 e. The van der Waals surface area contributed by atoms with Crippen molar-refractivity contribution in [1.82, 2.24) is 0 Å². The van der Waals surface area contributed by atoms with Crippen LogP contribution in [0.15, 0.2) is 273 Å². The summed E-state index contributed by atoms with van der Waals surface area (Å²) in [7, 11) is 22.3. The molecule has 0 aliphatic heterocycles. The lowest BCUT2D eigenvalue weighted by Gasteiger charge is -2.20. The van der Waals surface area contributed by atoms with Crippen LogP contribution in [-0.4, -0.2) is 177 Å². The number of carbonyl (C=O) groups is 7. The molecule has 16 aromatic rings. The van der Waals surface area contributed by atoms with Crippen LogP contribution in [0, 0.1) is 0 Å². The highest BCUT2D eigenvalue weighted by Gasteiger charge is 2.26. The molecule has 139 heavy (non-hydrogen) atoms. The van der Waals surface area contributed by atoms with Gasteiger partial charge in [0.25, 0.3) is 0 Å². The number of carboxylic acid groups (broad SMARTS) is 7. The molecule has 7 N–H and O–H groups in total. The number of benzene rings is 16. The Morgan fingerprint density at radius 3 is 1.14 bits per heavy atom. The van der Waals surface area contributed by atoms with Gasteiger partial charge in [-0.15, -0.1) is 0 Å². The van der Waals surface area contributed by atoms with Crippen molar-refractivity contribution >= 4 is 112 Å². The van der Waals surface area contributed by atoms with Crippen LogP contribution in [0.25, 0.3) is 64.6 Å². The zero-order valence-electron chi connectivity index (χ0n) is 78.8. The minimum absolute atomic E-state index is 0.111. The minimum atomic E-state index is -1.05. The van der Waals surface area contributed by atoms with Crippen LogP contribution < -0.4 is 76.0 Å². The molecular weight excluding hydrogens is 1790 g/mol. The summed E-state index contributed by atoms with van der Waals surface area (Å²) < 4.78 is 81.4. The van der Waals surface area contributed by atoms with E-state index in [1.165, 1.54) is 111 Å². The topological polar surface area (TPSA) is 403 Å². The van der Waals surface area contributed by atoms with E-state index in [1.807, 2.05) is 154 Å². The monoisotopic (exact) mass is 1890 g/mol. The average Bonchev–Trinajstić information content (AvgIpc) is 0.919. The van der Waals surface area contributed by atoms with Gasteiger partial charge in [0.05, 0.1) is 135 Å². The summed E-state index contributed by atoms with van der Waals surface area (Å²) in [5.41, 5.74) is 4.29. The molecule has 0 saturated carbocycles. The van der Waals surface area contributed by atoms with Crippen molar-refractivity contribution in [2.24, 2.45) is 0 Å². The zero-order valence-corrected chi connectivity index (χ0v) is 78.8. The second-order valence-electron chi connectivity index (χ2n) is 30.5. The number of ether oxygens (including phenoxy) is 15. The maximum absolute atomic E-state index is 11.6. The summed E-state index contributed by atoms with van der Waals surface area (Å²) in [6.07, 6.45) is 0. The van der Waals surface area contributed by atoms with E-state index < -0.39 is 41.8 Å². The molecule has 0 aliphatic rings. The first-order chi connectivity index (χ1) is 66.8. The van der Waals surface area contributed by atoms with Crippen molar-refractivity contribution in [3.63, 3.8) is 0 Å². The lowest BCUT2D eigenvalue weighted by Crippen LogP contribution is -2.08. The van der Waals surface area contributed by atoms with E-state index in [0.29, 0.717) is 119 Å². The number of hydrogen-bond acceptors (Lipinski definition) is 23. The second kappa shape index (κ2) is 48.7. The van der Waals surface area contributed by atoms with Crippen molar-refractivity contribution in [2.75, 3.05) is 104 Å². The largest absolute Gasteiger partial charge is 0.497 e. The molecule has 0 spiro atoms. The highest BCUT2D eigenvalue weighted by atomic mass is 16.5. The number of carboxylic acids is 7. The number of anilines is 1. The normalized spacial score (nSPS) is 10.4. The molecule has 30 nitrogen and oxygen atoms in total. The molecule has 0 radical (unpaired) electrons. The van der Waals surface area contributed by atoms with E-state index in [-0.39, 0.29) is 45.9 Å². The molecule has 30 heteroatoms. The second-order valence-corrected chi connectivity index (χ2v) is 30.5. The van der Waals surface area contributed by atoms with Crippen molar-refractivity contribution in [2.45, 2.75) is 26.4 Å². The fourth-order valence-corrected chi connectivity index (χ4v) is 14.6. The molecule has 0 aliphatic carbocycles. The third kappa shape index (κ3) is 26.0. The summed E-state index contributed by atoms with van der Waals surface area (Å²) >= 11 is 0. The van der Waals surface area contributed by atoms with E-state index >= 15 is 0 Å². The molecule has 16 rings (SSSR count). The summed E-state index contributed by atoms with van der Waals surface area (Å²) in [5, 5.41) is 73.6. The first-order valence-corrected chi connectivity index (χ1v) is 42.4. The van der Waals surface area contributed by atoms with Crippen LogP contribution >= 0.6 is 0 Å². The van der Waals surface area contributed by atoms with Gasteiger partial charge in [-0.3, -0.25) is 0 Å². The molecule has 0 aromatic heterocycles. The van der Waals surface area contributed by atoms with Gasteiger partial charge in [-0.2, -0.15) is 0 Å². The van der Waals surface area contributed by atoms with Gasteiger partial charge in [-0.05, 0) is 218 Å². The van der Waals surface area contributed by atoms with Gasteiger partial charge >= 0.3 is 41.8 Å². The summed E-state index contributed by atoms with van der Waals surface area (Å²) in [5.74, 6) is 2.19. The quantitative estimate of drug-likeness (QED) is 0.0224. The number of fused-ring (bicyclic) bond motifs is 6. The summed E-state index contributed by atoms with van der Waals surface area (Å²) in [6, 6.07) is 79.4. The fourth-order valence-electron chi connectivity index (χ4n) is 14.6. The number of rotatable bonds is 28. The number of nitrogens with zero attached hydrogens (tertiary/aromatic N) is 1. The molecule has 16 aromatic carbocycles. The Morgan fingerprint density at radius 2 is 0.647 bits per heavy atom. The van der Waals surface area contributed by atoms with Gasteiger partial charge in [0.2, 0.25) is 11.5 Å². The molecule has 0 amide bonds. The number of para-hydroxylation sites is 1. The van der Waals surface area contributed by atoms with E-state index in [9.17, 15) is 43.8 Å². The van der Waals surface area contributed by atoms with Crippen LogP contribution in [0.4, 0.5) is 5.69 Å². The van der Waals surface area contributed by atoms with Gasteiger partial charge in [0.15, 0.2) is 34.5 Å². The Bertz CT molecular complexity index is 7120. The lowest BCUT2D eigenvalue weighted by molar-refractivity contribution is 0.0686. The maximum Gasteiger partial charge on any atom is 0.335 e. The third-order valence-corrected chi connectivity index (χ3v) is 21.3. The molecule has 0 saturated heterocycles. The molecule has 0 atom stereocenters. The molecule has 0 unspecified atom stereocenters. The smallest absolute Gasteiger partial charge is 0.335 e. The van der Waals surface area contributed by atoms with E-state index in [4.69, 9.17) is 96.6 Å². The molecule has 0 fully saturated rings. The zero-order chi connectivity index (χ0) is 101. The fraction of sp³-hybridized carbons (Fsp3) is 0.165. The Kier molecular flexibility index (Phi) is 36.2. The SMILES string of the molecule is CN(C)c1cccc(Oc2cccc(C(=O)O)c2)c1.COc1cc(OC)c2c(OC)cc(C(=O)O)cc2c1.COc1cc2c(OC)cc(C(=O)O)cc2c(C(C)C)c1OC.COc1cc2cc(C(=O)O)cc(OCc3ccccc3)c2c(OC)c1OC.COc1cc2cc(C(=O)O)ccc2c(OC)c1OC.O=C(O)c1ccc2cc3ccccc3cc2c1.O=C(O)c1cccc(Oc2ccccc2)c1. The van der Waals surface area contributed by atoms with Crippen LogP contribution in [0.3, 0.4) is 0 Å². The highest BCUT2D eigenvalue weighted by Crippen LogP contribution is 2.50. The van der Waals surface area contributed by atoms with E-state index in [2.05, 4.69) is 12.1 Å². The highest BCUT2D eigenvalue weighted by molar-refractivity contribution is 6.06. The average molecular weight is 1890 g/mol. The van der Waals surface area contributed by atoms with Crippen LogP contribution in [0.1, 0.15) is 103 Å². The van der Waals surface area contributed by atoms with Gasteiger partial charge < -0.3 is 112 Å². The molecular formula is C109H103NO29. The predicted octanol–water partition coefficient (Wildman–Crippen LogP) is 23.1. The lowest BCUT2D eigenvalue weighted by atomic mass is 9.92. The molecule has 718 valence electrons. The standard InChI is InChI=1S/C21H20O6.C17H20O5.C15H15NO3.C15H10O2.2C14H14O5.C13H10O3/c1-24-17-10-14-9-15(21(22)23)11-16(18(14)20(26-3)19(17)25-2)27-12-13-7-5-4-6-8-13;1-9(2)15-12-6-10(17(18)19)7-13(20-3)11(12)8-14(21-4)16(15)22-5;1-16(2)12-6-4-8-14(10-12)19-13-7-3-5-11(9-13)15(17)18;16-15(17)13-6-5-12-7-10-3-1-2-4-11(10)8-14(12)9-13;1-17-10-5-8-4-9(14(15)16)6-11(18-2)13(8)12(7-10)19-3;1-17-11-7-9-6-8(14(15)16)4-5-10(9)12(18-2)13(11)19-3;14-13(15)10-5-4-8-12(9-10)16-11-6-2-1-3-7-11/h4-11H,12H2,1-3H3,(H,22,23);6-9H,1-5H3,(H,18,19);3-10H,1-2H3,(H,17,18);1-9H,(H,16,17);2*4-7H,1-3H3,(H,15,16);1-9H,(H,14,15). The van der Waals surface area contributed by atoms with Crippen molar-refractivity contribution in [3.05, 3.63) is 323 Å². The number of hydrogen-bond donors (Lipinski definition) is 7. The Morgan fingerprint density at radius 1 is 0.252 bits per heavy atom. The third-order valence-electron chi connectivity index (χ3n) is 21.3. The molecule has 0 bridgehead atoms. The van der Waals surface area contributed by atoms with Crippen molar-refractivity contribution in [3.8, 4) is 97.7 Å². The van der Waals surface area contributed by atoms with Gasteiger partial charge in [-0.1, -0.05) is 111 Å². The van der Waals surface area contributed by atoms with Gasteiger partial charge in [0.1, 0.15) is 58.4 Å². The van der Waals surface area contributed by atoms with Crippen LogP contribution in [-0.2, 0) is 6.61 Å². The Balaban J connectivity index is 0.000000168. The van der Waals surface area contributed by atoms with Crippen molar-refractivity contribution < 1.29 is 140 Å². The number of aromatic carboxylic acids is 7. The van der Waals surface area contributed by atoms with Crippen LogP contribution in [0.5, 0.6) is 97.7 Å². The van der Waals surface area contributed by atoms with Gasteiger partial charge in [-0.25, -0.2) is 33.6 Å². The predicted molar refractivity (Wildman–Crippen MR) is 530 cm³/mol. The first-order valence-electron chi connectivity index (χ1n) is 42.4. The van der Waals surface area contributed by atoms with Crippen molar-refractivity contribution in [1.29, 1.82) is 0 Å². The Hall–Kier alpha value is -17.8. The van der Waals surface area contributed by atoms with Gasteiger partial charge in [0, 0.05) is 48.3 Å². The summed E-state index contributed by atoms with van der Waals surface area (Å²) in [6.45, 7) is 4.34. The number of methoxy groups -OCH3 is 12. The van der Waals surface area contributed by atoms with E-state index in [0.717, 1.165) is 59.9 Å².